The molecule has 0 radical (unpaired) electrons. The first-order valence-electron chi connectivity index (χ1n) is 5.99. The van der Waals surface area contributed by atoms with Crippen LogP contribution in [0.2, 0.25) is 0 Å². The molecule has 0 saturated heterocycles. The molecule has 2 rings (SSSR count). The molecule has 3 N–H and O–H groups in total. The van der Waals surface area contributed by atoms with Crippen molar-refractivity contribution < 1.29 is 4.79 Å². The predicted molar refractivity (Wildman–Crippen MR) is 69.0 cm³/mol. The van der Waals surface area contributed by atoms with Gasteiger partial charge in [-0.25, -0.2) is 0 Å². The summed E-state index contributed by atoms with van der Waals surface area (Å²) in [4.78, 5) is 13.5. The van der Waals surface area contributed by atoms with Gasteiger partial charge in [0.2, 0.25) is 5.91 Å². The first-order chi connectivity index (χ1) is 8.20. The van der Waals surface area contributed by atoms with Crippen LogP contribution in [0.1, 0.15) is 12.0 Å². The van der Waals surface area contributed by atoms with Crippen molar-refractivity contribution in [1.82, 2.24) is 5.32 Å². The maximum atomic E-state index is 11.3. The fraction of sp³-hybridized carbons (Fsp3) is 0.462. The van der Waals surface area contributed by atoms with Gasteiger partial charge in [0.05, 0.1) is 0 Å². The predicted octanol–water partition coefficient (Wildman–Crippen LogP) is 0.513. The van der Waals surface area contributed by atoms with Gasteiger partial charge in [-0.1, -0.05) is 18.2 Å². The van der Waals surface area contributed by atoms with E-state index in [0.717, 1.165) is 19.5 Å². The number of anilines is 1. The molecule has 17 heavy (non-hydrogen) atoms. The molecule has 0 spiro atoms. The molecule has 4 nitrogen and oxygen atoms in total. The van der Waals surface area contributed by atoms with Gasteiger partial charge in [-0.2, -0.15) is 0 Å². The highest BCUT2D eigenvalue weighted by atomic mass is 16.1. The second kappa shape index (κ2) is 5.19. The number of carbonyl (C=O) groups excluding carboxylic acids is 1. The Balaban J connectivity index is 2.10. The van der Waals surface area contributed by atoms with Crippen molar-refractivity contribution in [3.8, 4) is 0 Å². The van der Waals surface area contributed by atoms with E-state index >= 15 is 0 Å². The van der Waals surface area contributed by atoms with E-state index < -0.39 is 0 Å². The van der Waals surface area contributed by atoms with Crippen molar-refractivity contribution in [2.24, 2.45) is 5.73 Å². The van der Waals surface area contributed by atoms with E-state index in [4.69, 9.17) is 5.73 Å². The summed E-state index contributed by atoms with van der Waals surface area (Å²) in [5, 5.41) is 2.64. The van der Waals surface area contributed by atoms with Crippen molar-refractivity contribution >= 4 is 11.6 Å². The van der Waals surface area contributed by atoms with Gasteiger partial charge in [0, 0.05) is 38.3 Å². The summed E-state index contributed by atoms with van der Waals surface area (Å²) < 4.78 is 0. The molecular weight excluding hydrogens is 214 g/mol. The molecule has 1 aromatic rings. The van der Waals surface area contributed by atoms with Gasteiger partial charge in [-0.3, -0.25) is 4.79 Å². The summed E-state index contributed by atoms with van der Waals surface area (Å²) in [5.41, 5.74) is 8.54. The van der Waals surface area contributed by atoms with Gasteiger partial charge in [0.25, 0.3) is 0 Å². The van der Waals surface area contributed by atoms with Gasteiger partial charge < -0.3 is 16.0 Å². The third-order valence-corrected chi connectivity index (χ3v) is 3.16. The van der Waals surface area contributed by atoms with Gasteiger partial charge in [0.15, 0.2) is 0 Å². The number of hydrogen-bond acceptors (Lipinski definition) is 3. The van der Waals surface area contributed by atoms with E-state index in [1.165, 1.54) is 11.3 Å². The third-order valence-electron chi connectivity index (χ3n) is 3.16. The SMILES string of the molecule is CNC(=O)CCN1CC(N)Cc2ccccc21. The van der Waals surface area contributed by atoms with Crippen LogP contribution in [0.25, 0.3) is 0 Å². The Hall–Kier alpha value is -1.55. The second-order valence-electron chi connectivity index (χ2n) is 4.46. The first kappa shape index (κ1) is 11.9. The summed E-state index contributed by atoms with van der Waals surface area (Å²) in [6, 6.07) is 8.44. The Morgan fingerprint density at radius 2 is 2.29 bits per heavy atom. The van der Waals surface area contributed by atoms with Gasteiger partial charge in [0.1, 0.15) is 0 Å². The molecule has 1 amide bonds. The maximum Gasteiger partial charge on any atom is 0.221 e. The number of nitrogens with two attached hydrogens (primary N) is 1. The smallest absolute Gasteiger partial charge is 0.221 e. The summed E-state index contributed by atoms with van der Waals surface area (Å²) in [7, 11) is 1.66. The Kier molecular flexibility index (Phi) is 3.64. The van der Waals surface area contributed by atoms with Crippen LogP contribution >= 0.6 is 0 Å². The van der Waals surface area contributed by atoms with E-state index in [9.17, 15) is 4.79 Å². The molecule has 1 aliphatic heterocycles. The molecule has 0 saturated carbocycles. The lowest BCUT2D eigenvalue weighted by Gasteiger charge is -2.34. The van der Waals surface area contributed by atoms with Crippen molar-refractivity contribution in [2.45, 2.75) is 18.9 Å². The average Bonchev–Trinajstić information content (AvgIpc) is 2.35. The second-order valence-corrected chi connectivity index (χ2v) is 4.46. The number of rotatable bonds is 3. The lowest BCUT2D eigenvalue weighted by molar-refractivity contribution is -0.120. The van der Waals surface area contributed by atoms with Crippen LogP contribution in [-0.4, -0.2) is 32.1 Å². The molecule has 0 bridgehead atoms. The zero-order valence-electron chi connectivity index (χ0n) is 10.1. The van der Waals surface area contributed by atoms with E-state index in [-0.39, 0.29) is 11.9 Å². The van der Waals surface area contributed by atoms with Crippen LogP contribution in [-0.2, 0) is 11.2 Å². The molecule has 1 aromatic carbocycles. The lowest BCUT2D eigenvalue weighted by Crippen LogP contribution is -2.44. The molecule has 0 aromatic heterocycles. The van der Waals surface area contributed by atoms with Crippen LogP contribution in [0, 0.1) is 0 Å². The van der Waals surface area contributed by atoms with Gasteiger partial charge >= 0.3 is 0 Å². The van der Waals surface area contributed by atoms with Gasteiger partial charge in [-0.15, -0.1) is 0 Å². The summed E-state index contributed by atoms with van der Waals surface area (Å²) in [5.74, 6) is 0.0710. The minimum atomic E-state index is 0.0710. The highest BCUT2D eigenvalue weighted by molar-refractivity contribution is 5.76. The number of hydrogen-bond donors (Lipinski definition) is 2. The maximum absolute atomic E-state index is 11.3. The summed E-state index contributed by atoms with van der Waals surface area (Å²) >= 11 is 0. The van der Waals surface area contributed by atoms with E-state index in [0.29, 0.717) is 6.42 Å². The highest BCUT2D eigenvalue weighted by Crippen LogP contribution is 2.26. The van der Waals surface area contributed by atoms with Crippen LogP contribution in [0.5, 0.6) is 0 Å². The largest absolute Gasteiger partial charge is 0.369 e. The summed E-state index contributed by atoms with van der Waals surface area (Å²) in [6.45, 7) is 1.55. The molecule has 92 valence electrons. The molecule has 4 heteroatoms. The van der Waals surface area contributed by atoms with E-state index in [2.05, 4.69) is 22.3 Å². The minimum absolute atomic E-state index is 0.0710. The monoisotopic (exact) mass is 233 g/mol. The number of amides is 1. The minimum Gasteiger partial charge on any atom is -0.369 e. The molecule has 0 fully saturated rings. The Labute approximate surface area is 102 Å². The fourth-order valence-corrected chi connectivity index (χ4v) is 2.29. The quantitative estimate of drug-likeness (QED) is 0.800. The number of nitrogens with zero attached hydrogens (tertiary/aromatic N) is 1. The average molecular weight is 233 g/mol. The van der Waals surface area contributed by atoms with E-state index in [1.807, 2.05) is 12.1 Å². The zero-order chi connectivity index (χ0) is 12.3. The number of benzene rings is 1. The number of nitrogens with one attached hydrogen (secondary N) is 1. The van der Waals surface area contributed by atoms with Crippen molar-refractivity contribution in [1.29, 1.82) is 0 Å². The number of carbonyl (C=O) groups is 1. The molecule has 0 aliphatic carbocycles. The van der Waals surface area contributed by atoms with Crippen LogP contribution in [0.3, 0.4) is 0 Å². The molecule has 1 unspecified atom stereocenters. The first-order valence-corrected chi connectivity index (χ1v) is 5.99. The Morgan fingerprint density at radius 3 is 3.06 bits per heavy atom. The molecule has 1 heterocycles. The Morgan fingerprint density at radius 1 is 1.53 bits per heavy atom. The standard InChI is InChI=1S/C13H19N3O/c1-15-13(17)6-7-16-9-11(14)8-10-4-2-3-5-12(10)16/h2-5,11H,6-9,14H2,1H3,(H,15,17). The van der Waals surface area contributed by atoms with Crippen molar-refractivity contribution in [3.63, 3.8) is 0 Å². The Bertz CT molecular complexity index is 405. The fourth-order valence-electron chi connectivity index (χ4n) is 2.29. The topological polar surface area (TPSA) is 58.4 Å². The molecule has 1 atom stereocenters. The van der Waals surface area contributed by atoms with Crippen LogP contribution in [0.15, 0.2) is 24.3 Å². The van der Waals surface area contributed by atoms with Crippen molar-refractivity contribution in [3.05, 3.63) is 29.8 Å². The molecular formula is C13H19N3O. The highest BCUT2D eigenvalue weighted by Gasteiger charge is 2.21. The molecule has 1 aliphatic rings. The third kappa shape index (κ3) is 2.77. The van der Waals surface area contributed by atoms with Gasteiger partial charge in [-0.05, 0) is 18.1 Å². The normalized spacial score (nSPS) is 18.7. The lowest BCUT2D eigenvalue weighted by atomic mass is 9.98. The van der Waals surface area contributed by atoms with Crippen LogP contribution in [0.4, 0.5) is 5.69 Å². The number of para-hydroxylation sites is 1. The zero-order valence-corrected chi connectivity index (χ0v) is 10.1. The number of fused-ring (bicyclic) bond motifs is 1. The van der Waals surface area contributed by atoms with Crippen LogP contribution < -0.4 is 16.0 Å². The summed E-state index contributed by atoms with van der Waals surface area (Å²) in [6.07, 6.45) is 1.43. The van der Waals surface area contributed by atoms with E-state index in [1.54, 1.807) is 7.05 Å². The van der Waals surface area contributed by atoms with Crippen molar-refractivity contribution in [2.75, 3.05) is 25.0 Å².